The van der Waals surface area contributed by atoms with Gasteiger partial charge < -0.3 is 0 Å². The first-order chi connectivity index (χ1) is 7.24. The first kappa shape index (κ1) is 10.6. The highest BCUT2D eigenvalue weighted by atomic mass is 79.9. The number of benzene rings is 1. The highest BCUT2D eigenvalue weighted by Gasteiger charge is 1.99. The van der Waals surface area contributed by atoms with Crippen molar-refractivity contribution in [2.75, 3.05) is 0 Å². The van der Waals surface area contributed by atoms with E-state index in [4.69, 9.17) is 11.6 Å². The average Bonchev–Trinajstić information content (AvgIpc) is 2.22. The van der Waals surface area contributed by atoms with E-state index in [1.807, 2.05) is 24.3 Å². The summed E-state index contributed by atoms with van der Waals surface area (Å²) < 4.78 is 1.07. The Balaban J connectivity index is 2.18. The summed E-state index contributed by atoms with van der Waals surface area (Å²) in [7, 11) is 0. The molecule has 0 saturated heterocycles. The van der Waals surface area contributed by atoms with E-state index in [-0.39, 0.29) is 0 Å². The van der Waals surface area contributed by atoms with E-state index in [1.165, 1.54) is 5.56 Å². The summed E-state index contributed by atoms with van der Waals surface area (Å²) in [6, 6.07) is 9.75. The topological polar surface area (TPSA) is 25.8 Å². The summed E-state index contributed by atoms with van der Waals surface area (Å²) >= 11 is 9.17. The lowest BCUT2D eigenvalue weighted by Gasteiger charge is -2.00. The molecular weight excluding hydrogens is 275 g/mol. The monoisotopic (exact) mass is 282 g/mol. The number of nitrogens with zero attached hydrogens (tertiary/aromatic N) is 2. The fourth-order valence-corrected chi connectivity index (χ4v) is 1.66. The number of aromatic nitrogens is 2. The van der Waals surface area contributed by atoms with Gasteiger partial charge in [0.15, 0.2) is 0 Å². The van der Waals surface area contributed by atoms with E-state index in [0.29, 0.717) is 11.6 Å². The Morgan fingerprint density at radius 3 is 2.53 bits per heavy atom. The number of rotatable bonds is 2. The van der Waals surface area contributed by atoms with Crippen LogP contribution in [0.3, 0.4) is 0 Å². The molecule has 0 aliphatic carbocycles. The molecule has 2 rings (SSSR count). The smallest absolute Gasteiger partial charge is 0.134 e. The van der Waals surface area contributed by atoms with Crippen molar-refractivity contribution in [3.63, 3.8) is 0 Å². The third kappa shape index (κ3) is 3.01. The van der Waals surface area contributed by atoms with Crippen molar-refractivity contribution < 1.29 is 0 Å². The summed E-state index contributed by atoms with van der Waals surface area (Å²) in [4.78, 5) is 8.28. The van der Waals surface area contributed by atoms with E-state index in [9.17, 15) is 0 Å². The van der Waals surface area contributed by atoms with Gasteiger partial charge in [0.1, 0.15) is 11.0 Å². The molecule has 2 aromatic rings. The van der Waals surface area contributed by atoms with Gasteiger partial charge in [-0.25, -0.2) is 9.97 Å². The highest BCUT2D eigenvalue weighted by Crippen LogP contribution is 2.13. The standard InChI is InChI=1S/C11H8BrClN2/c12-9-3-1-8(2-4-9)7-11-14-6-5-10(13)15-11/h1-6H,7H2. The van der Waals surface area contributed by atoms with Gasteiger partial charge in [0.2, 0.25) is 0 Å². The Morgan fingerprint density at radius 2 is 1.87 bits per heavy atom. The molecule has 2 nitrogen and oxygen atoms in total. The number of halogens is 2. The van der Waals surface area contributed by atoms with Gasteiger partial charge in [0.25, 0.3) is 0 Å². The van der Waals surface area contributed by atoms with Gasteiger partial charge in [0.05, 0.1) is 0 Å². The SMILES string of the molecule is Clc1ccnc(Cc2ccc(Br)cc2)n1. The lowest BCUT2D eigenvalue weighted by molar-refractivity contribution is 0.968. The maximum Gasteiger partial charge on any atom is 0.134 e. The van der Waals surface area contributed by atoms with Gasteiger partial charge in [-0.1, -0.05) is 39.7 Å². The molecule has 0 aliphatic heterocycles. The zero-order valence-electron chi connectivity index (χ0n) is 7.82. The van der Waals surface area contributed by atoms with Gasteiger partial charge in [-0.05, 0) is 23.8 Å². The summed E-state index contributed by atoms with van der Waals surface area (Å²) in [5.74, 6) is 0.741. The highest BCUT2D eigenvalue weighted by molar-refractivity contribution is 9.10. The van der Waals surface area contributed by atoms with Crippen LogP contribution in [0.1, 0.15) is 11.4 Å². The van der Waals surface area contributed by atoms with Crippen LogP contribution in [-0.4, -0.2) is 9.97 Å². The van der Waals surface area contributed by atoms with Gasteiger partial charge in [-0.2, -0.15) is 0 Å². The third-order valence-corrected chi connectivity index (χ3v) is 2.69. The van der Waals surface area contributed by atoms with Crippen molar-refractivity contribution in [1.82, 2.24) is 9.97 Å². The van der Waals surface area contributed by atoms with Crippen molar-refractivity contribution in [2.24, 2.45) is 0 Å². The summed E-state index contributed by atoms with van der Waals surface area (Å²) in [5, 5.41) is 0.483. The molecule has 0 bridgehead atoms. The number of hydrogen-bond acceptors (Lipinski definition) is 2. The Morgan fingerprint density at radius 1 is 1.13 bits per heavy atom. The van der Waals surface area contributed by atoms with Crippen molar-refractivity contribution in [3.05, 3.63) is 57.5 Å². The lowest BCUT2D eigenvalue weighted by Crippen LogP contribution is -1.95. The maximum atomic E-state index is 5.78. The van der Waals surface area contributed by atoms with Gasteiger partial charge >= 0.3 is 0 Å². The molecule has 0 N–H and O–H groups in total. The summed E-state index contributed by atoms with van der Waals surface area (Å²) in [5.41, 5.74) is 1.17. The molecule has 0 amide bonds. The second-order valence-electron chi connectivity index (χ2n) is 3.10. The quantitative estimate of drug-likeness (QED) is 0.789. The first-order valence-electron chi connectivity index (χ1n) is 4.46. The van der Waals surface area contributed by atoms with Crippen LogP contribution >= 0.6 is 27.5 Å². The number of hydrogen-bond donors (Lipinski definition) is 0. The Kier molecular flexibility index (Phi) is 3.34. The normalized spacial score (nSPS) is 10.3. The van der Waals surface area contributed by atoms with Gasteiger partial charge in [-0.15, -0.1) is 0 Å². The molecule has 1 heterocycles. The second kappa shape index (κ2) is 4.73. The Bertz CT molecular complexity index is 456. The molecule has 1 aromatic carbocycles. The molecule has 0 unspecified atom stereocenters. The second-order valence-corrected chi connectivity index (χ2v) is 4.40. The molecular formula is C11H8BrClN2. The molecule has 0 fully saturated rings. The molecule has 0 aliphatic rings. The van der Waals surface area contributed by atoms with E-state index in [2.05, 4.69) is 25.9 Å². The zero-order valence-corrected chi connectivity index (χ0v) is 10.2. The van der Waals surface area contributed by atoms with Crippen molar-refractivity contribution in [3.8, 4) is 0 Å². The van der Waals surface area contributed by atoms with Crippen LogP contribution in [0, 0.1) is 0 Å². The van der Waals surface area contributed by atoms with Crippen LogP contribution in [0.15, 0.2) is 41.0 Å². The molecule has 0 saturated carbocycles. The molecule has 76 valence electrons. The van der Waals surface area contributed by atoms with Crippen LogP contribution in [0.25, 0.3) is 0 Å². The van der Waals surface area contributed by atoms with Crippen molar-refractivity contribution in [2.45, 2.75) is 6.42 Å². The predicted octanol–water partition coefficient (Wildman–Crippen LogP) is 3.48. The molecule has 0 radical (unpaired) electrons. The maximum absolute atomic E-state index is 5.78. The van der Waals surface area contributed by atoms with Gasteiger partial charge in [0, 0.05) is 17.1 Å². The van der Waals surface area contributed by atoms with E-state index < -0.39 is 0 Å². The van der Waals surface area contributed by atoms with Crippen LogP contribution in [0.2, 0.25) is 5.15 Å². The lowest BCUT2D eigenvalue weighted by atomic mass is 10.1. The fraction of sp³-hybridized carbons (Fsp3) is 0.0909. The zero-order chi connectivity index (χ0) is 10.7. The molecule has 15 heavy (non-hydrogen) atoms. The minimum atomic E-state index is 0.483. The summed E-state index contributed by atoms with van der Waals surface area (Å²) in [6.07, 6.45) is 2.37. The molecule has 1 aromatic heterocycles. The van der Waals surface area contributed by atoms with Crippen LogP contribution in [0.4, 0.5) is 0 Å². The van der Waals surface area contributed by atoms with Gasteiger partial charge in [-0.3, -0.25) is 0 Å². The van der Waals surface area contributed by atoms with Crippen LogP contribution in [0.5, 0.6) is 0 Å². The van der Waals surface area contributed by atoms with Crippen LogP contribution in [-0.2, 0) is 6.42 Å². The molecule has 4 heteroatoms. The van der Waals surface area contributed by atoms with Crippen molar-refractivity contribution >= 4 is 27.5 Å². The predicted molar refractivity (Wildman–Crippen MR) is 64.0 cm³/mol. The first-order valence-corrected chi connectivity index (χ1v) is 5.63. The Hall–Kier alpha value is -0.930. The van der Waals surface area contributed by atoms with E-state index in [1.54, 1.807) is 12.3 Å². The fourth-order valence-electron chi connectivity index (χ4n) is 1.24. The van der Waals surface area contributed by atoms with Crippen LogP contribution < -0.4 is 0 Å². The Labute approximate surface area is 101 Å². The minimum absolute atomic E-state index is 0.483. The molecule has 0 spiro atoms. The molecule has 0 atom stereocenters. The van der Waals surface area contributed by atoms with E-state index in [0.717, 1.165) is 10.3 Å². The van der Waals surface area contributed by atoms with E-state index >= 15 is 0 Å². The average molecular weight is 284 g/mol. The van der Waals surface area contributed by atoms with Crippen molar-refractivity contribution in [1.29, 1.82) is 0 Å². The largest absolute Gasteiger partial charge is 0.241 e. The minimum Gasteiger partial charge on any atom is -0.241 e. The third-order valence-electron chi connectivity index (χ3n) is 1.95. The summed E-state index contributed by atoms with van der Waals surface area (Å²) in [6.45, 7) is 0.